The van der Waals surface area contributed by atoms with Crippen LogP contribution in [0.5, 0.6) is 0 Å². The standard InChI is InChI=1S/C16H22N2O3/c1-13(2)12-21-8-4-6-18-16(20)15-9-14(5-3-7-19)10-17-11-15/h9-11,13,19H,4,6-8,12H2,1-2H3,(H,18,20). The van der Waals surface area contributed by atoms with E-state index in [0.717, 1.165) is 13.0 Å². The van der Waals surface area contributed by atoms with Crippen molar-refractivity contribution in [3.8, 4) is 11.8 Å². The largest absolute Gasteiger partial charge is 0.384 e. The van der Waals surface area contributed by atoms with Crippen molar-refractivity contribution in [3.05, 3.63) is 29.6 Å². The Labute approximate surface area is 125 Å². The lowest BCUT2D eigenvalue weighted by Crippen LogP contribution is -2.25. The summed E-state index contributed by atoms with van der Waals surface area (Å²) in [5.41, 5.74) is 1.07. The number of aliphatic hydroxyl groups is 1. The summed E-state index contributed by atoms with van der Waals surface area (Å²) >= 11 is 0. The van der Waals surface area contributed by atoms with Crippen LogP contribution in [0.25, 0.3) is 0 Å². The third kappa shape index (κ3) is 7.45. The zero-order valence-electron chi connectivity index (χ0n) is 12.6. The number of ether oxygens (including phenoxy) is 1. The number of hydrogen-bond donors (Lipinski definition) is 2. The second-order valence-corrected chi connectivity index (χ2v) is 5.00. The molecule has 0 aliphatic carbocycles. The van der Waals surface area contributed by atoms with Crippen LogP contribution in [-0.2, 0) is 4.74 Å². The van der Waals surface area contributed by atoms with E-state index in [1.165, 1.54) is 6.20 Å². The van der Waals surface area contributed by atoms with Crippen LogP contribution in [-0.4, -0.2) is 42.4 Å². The minimum atomic E-state index is -0.215. The number of aliphatic hydroxyl groups excluding tert-OH is 1. The maximum atomic E-state index is 11.9. The highest BCUT2D eigenvalue weighted by Crippen LogP contribution is 2.01. The smallest absolute Gasteiger partial charge is 0.252 e. The Kier molecular flexibility index (Phi) is 8.10. The maximum Gasteiger partial charge on any atom is 0.252 e. The normalized spacial score (nSPS) is 10.1. The molecule has 5 nitrogen and oxygen atoms in total. The van der Waals surface area contributed by atoms with Gasteiger partial charge in [-0.15, -0.1) is 0 Å². The van der Waals surface area contributed by atoms with E-state index >= 15 is 0 Å². The van der Waals surface area contributed by atoms with E-state index in [1.54, 1.807) is 12.3 Å². The first-order valence-electron chi connectivity index (χ1n) is 7.04. The van der Waals surface area contributed by atoms with Crippen molar-refractivity contribution in [1.82, 2.24) is 10.3 Å². The molecule has 1 rings (SSSR count). The molecule has 0 unspecified atom stereocenters. The molecule has 21 heavy (non-hydrogen) atoms. The fraction of sp³-hybridized carbons (Fsp3) is 0.500. The van der Waals surface area contributed by atoms with Gasteiger partial charge in [0.2, 0.25) is 0 Å². The van der Waals surface area contributed by atoms with Gasteiger partial charge in [0.25, 0.3) is 5.91 Å². The summed E-state index contributed by atoms with van der Waals surface area (Å²) < 4.78 is 5.44. The van der Waals surface area contributed by atoms with Gasteiger partial charge >= 0.3 is 0 Å². The van der Waals surface area contributed by atoms with E-state index < -0.39 is 0 Å². The first-order valence-corrected chi connectivity index (χ1v) is 7.04. The van der Waals surface area contributed by atoms with E-state index in [9.17, 15) is 4.79 Å². The van der Waals surface area contributed by atoms with Gasteiger partial charge in [-0.1, -0.05) is 25.7 Å². The van der Waals surface area contributed by atoms with E-state index in [1.807, 2.05) is 0 Å². The second kappa shape index (κ2) is 9.92. The molecular weight excluding hydrogens is 268 g/mol. The van der Waals surface area contributed by atoms with Gasteiger partial charge in [0, 0.05) is 37.7 Å². The molecule has 0 atom stereocenters. The van der Waals surface area contributed by atoms with Gasteiger partial charge < -0.3 is 15.2 Å². The number of nitrogens with zero attached hydrogens (tertiary/aromatic N) is 1. The molecule has 1 aromatic rings. The molecule has 1 amide bonds. The van der Waals surface area contributed by atoms with Gasteiger partial charge in [0.15, 0.2) is 0 Å². The lowest BCUT2D eigenvalue weighted by Gasteiger charge is -2.07. The van der Waals surface area contributed by atoms with Gasteiger partial charge in [-0.2, -0.15) is 0 Å². The molecule has 0 saturated heterocycles. The molecular formula is C16H22N2O3. The van der Waals surface area contributed by atoms with Crippen LogP contribution < -0.4 is 5.32 Å². The van der Waals surface area contributed by atoms with Crippen molar-refractivity contribution in [1.29, 1.82) is 0 Å². The molecule has 114 valence electrons. The molecule has 0 aromatic carbocycles. The van der Waals surface area contributed by atoms with Crippen LogP contribution >= 0.6 is 0 Å². The third-order valence-electron chi connectivity index (χ3n) is 2.51. The average molecular weight is 290 g/mol. The van der Waals surface area contributed by atoms with Crippen LogP contribution in [0.15, 0.2) is 18.5 Å². The Morgan fingerprint density at radius 2 is 2.29 bits per heavy atom. The number of rotatable bonds is 7. The van der Waals surface area contributed by atoms with Gasteiger partial charge in [-0.05, 0) is 18.4 Å². The molecule has 0 saturated carbocycles. The lowest BCUT2D eigenvalue weighted by molar-refractivity contribution is 0.0924. The van der Waals surface area contributed by atoms with Crippen LogP contribution in [0, 0.1) is 17.8 Å². The van der Waals surface area contributed by atoms with E-state index in [2.05, 4.69) is 36.0 Å². The summed E-state index contributed by atoms with van der Waals surface area (Å²) in [6.45, 7) is 5.92. The van der Waals surface area contributed by atoms with Crippen molar-refractivity contribution < 1.29 is 14.6 Å². The Balaban J connectivity index is 2.35. The average Bonchev–Trinajstić information content (AvgIpc) is 2.48. The van der Waals surface area contributed by atoms with Crippen molar-refractivity contribution in [3.63, 3.8) is 0 Å². The summed E-state index contributed by atoms with van der Waals surface area (Å²) in [5.74, 6) is 5.59. The molecule has 1 heterocycles. The Morgan fingerprint density at radius 1 is 1.48 bits per heavy atom. The second-order valence-electron chi connectivity index (χ2n) is 5.00. The summed E-state index contributed by atoms with van der Waals surface area (Å²) in [5, 5.41) is 11.5. The van der Waals surface area contributed by atoms with Crippen molar-refractivity contribution in [2.45, 2.75) is 20.3 Å². The monoisotopic (exact) mass is 290 g/mol. The number of aromatic nitrogens is 1. The van der Waals surface area contributed by atoms with E-state index in [4.69, 9.17) is 9.84 Å². The van der Waals surface area contributed by atoms with E-state index in [-0.39, 0.29) is 12.5 Å². The summed E-state index contributed by atoms with van der Waals surface area (Å²) in [6, 6.07) is 1.65. The Bertz CT molecular complexity index is 504. The van der Waals surface area contributed by atoms with Crippen LogP contribution in [0.2, 0.25) is 0 Å². The summed E-state index contributed by atoms with van der Waals surface area (Å²) in [4.78, 5) is 15.9. The highest BCUT2D eigenvalue weighted by molar-refractivity contribution is 5.94. The molecule has 1 aromatic heterocycles. The molecule has 0 radical (unpaired) electrons. The first kappa shape index (κ1) is 17.2. The SMILES string of the molecule is CC(C)COCCCNC(=O)c1cncc(C#CCO)c1. The fourth-order valence-electron chi connectivity index (χ4n) is 1.57. The Hall–Kier alpha value is -1.90. The number of amides is 1. The van der Waals surface area contributed by atoms with Gasteiger partial charge in [0.05, 0.1) is 5.56 Å². The van der Waals surface area contributed by atoms with Crippen molar-refractivity contribution in [2.24, 2.45) is 5.92 Å². The molecule has 0 bridgehead atoms. The third-order valence-corrected chi connectivity index (χ3v) is 2.51. The number of carbonyl (C=O) groups is 1. The molecule has 0 aliphatic heterocycles. The number of carbonyl (C=O) groups excluding carboxylic acids is 1. The van der Waals surface area contributed by atoms with Crippen LogP contribution in [0.1, 0.15) is 36.2 Å². The maximum absolute atomic E-state index is 11.9. The minimum absolute atomic E-state index is 0.181. The quantitative estimate of drug-likeness (QED) is 0.585. The molecule has 5 heteroatoms. The fourth-order valence-corrected chi connectivity index (χ4v) is 1.57. The van der Waals surface area contributed by atoms with Crippen LogP contribution in [0.4, 0.5) is 0 Å². The molecule has 0 spiro atoms. The molecule has 0 aliphatic rings. The predicted octanol–water partition coefficient (Wildman–Crippen LogP) is 1.22. The van der Waals surface area contributed by atoms with Crippen molar-refractivity contribution in [2.75, 3.05) is 26.4 Å². The van der Waals surface area contributed by atoms with E-state index in [0.29, 0.717) is 30.2 Å². The van der Waals surface area contributed by atoms with Gasteiger partial charge in [0.1, 0.15) is 6.61 Å². The zero-order chi connectivity index (χ0) is 15.5. The number of hydrogen-bond acceptors (Lipinski definition) is 4. The topological polar surface area (TPSA) is 71.5 Å². The van der Waals surface area contributed by atoms with Gasteiger partial charge in [-0.25, -0.2) is 0 Å². The predicted molar refractivity (Wildman–Crippen MR) is 80.8 cm³/mol. The lowest BCUT2D eigenvalue weighted by atomic mass is 10.2. The summed E-state index contributed by atoms with van der Waals surface area (Å²) in [7, 11) is 0. The van der Waals surface area contributed by atoms with Crippen LogP contribution in [0.3, 0.4) is 0 Å². The number of nitrogens with one attached hydrogen (secondary N) is 1. The number of pyridine rings is 1. The highest BCUT2D eigenvalue weighted by atomic mass is 16.5. The Morgan fingerprint density at radius 3 is 3.00 bits per heavy atom. The zero-order valence-corrected chi connectivity index (χ0v) is 12.6. The molecule has 2 N–H and O–H groups in total. The van der Waals surface area contributed by atoms with Crippen molar-refractivity contribution >= 4 is 5.91 Å². The first-order chi connectivity index (χ1) is 10.1. The van der Waals surface area contributed by atoms with Gasteiger partial charge in [-0.3, -0.25) is 9.78 Å². The minimum Gasteiger partial charge on any atom is -0.384 e. The highest BCUT2D eigenvalue weighted by Gasteiger charge is 2.05. The molecule has 0 fully saturated rings. The summed E-state index contributed by atoms with van der Waals surface area (Å²) in [6.07, 6.45) is 3.82.